The van der Waals surface area contributed by atoms with E-state index in [1.807, 2.05) is 0 Å². The van der Waals surface area contributed by atoms with E-state index in [9.17, 15) is 9.59 Å². The van der Waals surface area contributed by atoms with Crippen LogP contribution in [-0.4, -0.2) is 12.0 Å². The summed E-state index contributed by atoms with van der Waals surface area (Å²) in [6.07, 6.45) is 2.51. The van der Waals surface area contributed by atoms with Crippen molar-refractivity contribution in [1.82, 2.24) is 0 Å². The first-order valence-corrected chi connectivity index (χ1v) is 2.92. The summed E-state index contributed by atoms with van der Waals surface area (Å²) in [6.45, 7) is 1.69. The topological polar surface area (TPSA) is 59.6 Å². The van der Waals surface area contributed by atoms with E-state index in [-0.39, 0.29) is 5.76 Å². The number of hydrogen-bond donors (Lipinski definition) is 0. The molecule has 0 aromatic carbocycles. The van der Waals surface area contributed by atoms with Crippen LogP contribution in [0.4, 0.5) is 0 Å². The summed E-state index contributed by atoms with van der Waals surface area (Å²) in [7, 11) is 0. The molecule has 1 heterocycles. The number of hydrogen-bond acceptors (Lipinski definition) is 3. The second-order valence-electron chi connectivity index (χ2n) is 1.94. The molecule has 0 bridgehead atoms. The molecule has 0 saturated carbocycles. The SMILES string of the molecule is Cc1ccoc1C(=O)N=C=O. The molecule has 1 amide bonds. The number of carbonyl (C=O) groups is 1. The van der Waals surface area contributed by atoms with Gasteiger partial charge in [0.1, 0.15) is 0 Å². The number of amides is 1. The molecule has 0 aliphatic rings. The van der Waals surface area contributed by atoms with Gasteiger partial charge in [-0.15, -0.1) is 4.99 Å². The van der Waals surface area contributed by atoms with Crippen LogP contribution in [0, 0.1) is 6.92 Å². The smallest absolute Gasteiger partial charge is 0.323 e. The molecule has 1 aromatic heterocycles. The van der Waals surface area contributed by atoms with Crippen molar-refractivity contribution in [2.24, 2.45) is 4.99 Å². The van der Waals surface area contributed by atoms with Crippen molar-refractivity contribution in [3.05, 3.63) is 23.7 Å². The summed E-state index contributed by atoms with van der Waals surface area (Å²) >= 11 is 0. The van der Waals surface area contributed by atoms with Crippen LogP contribution in [-0.2, 0) is 4.79 Å². The van der Waals surface area contributed by atoms with Gasteiger partial charge in [-0.25, -0.2) is 4.79 Å². The Morgan fingerprint density at radius 3 is 2.91 bits per heavy atom. The van der Waals surface area contributed by atoms with Gasteiger partial charge in [0.05, 0.1) is 6.26 Å². The lowest BCUT2D eigenvalue weighted by atomic mass is 10.3. The highest BCUT2D eigenvalue weighted by Gasteiger charge is 2.10. The van der Waals surface area contributed by atoms with Gasteiger partial charge in [-0.05, 0) is 13.0 Å². The van der Waals surface area contributed by atoms with E-state index in [1.54, 1.807) is 13.0 Å². The average molecular weight is 151 g/mol. The molecule has 0 aliphatic carbocycles. The van der Waals surface area contributed by atoms with Gasteiger partial charge in [0.2, 0.25) is 6.08 Å². The Bertz CT molecular complexity index is 320. The molecular formula is C7H5NO3. The second-order valence-corrected chi connectivity index (χ2v) is 1.94. The molecule has 11 heavy (non-hydrogen) atoms. The Balaban J connectivity index is 3.02. The molecule has 0 radical (unpaired) electrons. The van der Waals surface area contributed by atoms with E-state index in [0.29, 0.717) is 5.56 Å². The number of aliphatic imine (C=N–C) groups is 1. The number of nitrogens with zero attached hydrogens (tertiary/aromatic N) is 1. The van der Waals surface area contributed by atoms with Gasteiger partial charge in [0, 0.05) is 5.56 Å². The van der Waals surface area contributed by atoms with Gasteiger partial charge in [-0.1, -0.05) is 0 Å². The highest BCUT2D eigenvalue weighted by Crippen LogP contribution is 2.09. The van der Waals surface area contributed by atoms with Crippen LogP contribution in [0.2, 0.25) is 0 Å². The van der Waals surface area contributed by atoms with Crippen molar-refractivity contribution in [3.8, 4) is 0 Å². The van der Waals surface area contributed by atoms with Crippen LogP contribution in [0.5, 0.6) is 0 Å². The first-order valence-electron chi connectivity index (χ1n) is 2.92. The lowest BCUT2D eigenvalue weighted by Crippen LogP contribution is -1.93. The summed E-state index contributed by atoms with van der Waals surface area (Å²) in [5.41, 5.74) is 0.661. The molecule has 0 atom stereocenters. The zero-order valence-electron chi connectivity index (χ0n) is 5.83. The Morgan fingerprint density at radius 2 is 2.45 bits per heavy atom. The highest BCUT2D eigenvalue weighted by molar-refractivity contribution is 5.96. The third-order valence-electron chi connectivity index (χ3n) is 1.20. The van der Waals surface area contributed by atoms with Crippen molar-refractivity contribution < 1.29 is 14.0 Å². The highest BCUT2D eigenvalue weighted by atomic mass is 16.3. The molecule has 0 N–H and O–H groups in total. The van der Waals surface area contributed by atoms with Gasteiger partial charge in [-0.3, -0.25) is 4.79 Å². The van der Waals surface area contributed by atoms with Crippen molar-refractivity contribution in [3.63, 3.8) is 0 Å². The number of furan rings is 1. The van der Waals surface area contributed by atoms with Gasteiger partial charge in [0.15, 0.2) is 5.76 Å². The largest absolute Gasteiger partial charge is 0.459 e. The lowest BCUT2D eigenvalue weighted by molar-refractivity contribution is 0.0976. The van der Waals surface area contributed by atoms with E-state index in [4.69, 9.17) is 4.42 Å². The summed E-state index contributed by atoms with van der Waals surface area (Å²) in [5.74, 6) is -0.601. The fourth-order valence-corrected chi connectivity index (χ4v) is 0.684. The molecule has 0 fully saturated rings. The van der Waals surface area contributed by atoms with E-state index >= 15 is 0 Å². The number of isocyanates is 1. The maximum Gasteiger partial charge on any atom is 0.323 e. The van der Waals surface area contributed by atoms with Gasteiger partial charge >= 0.3 is 5.91 Å². The molecule has 0 aliphatic heterocycles. The minimum atomic E-state index is -0.692. The fourth-order valence-electron chi connectivity index (χ4n) is 0.684. The minimum absolute atomic E-state index is 0.0911. The number of rotatable bonds is 1. The lowest BCUT2D eigenvalue weighted by Gasteiger charge is -1.86. The summed E-state index contributed by atoms with van der Waals surface area (Å²) < 4.78 is 4.76. The predicted molar refractivity (Wildman–Crippen MR) is 35.9 cm³/mol. The first kappa shape index (κ1) is 7.44. The van der Waals surface area contributed by atoms with Crippen LogP contribution in [0.15, 0.2) is 21.7 Å². The van der Waals surface area contributed by atoms with Crippen LogP contribution >= 0.6 is 0 Å². The summed E-state index contributed by atoms with van der Waals surface area (Å²) in [4.78, 5) is 23.4. The number of aryl methyl sites for hydroxylation is 1. The van der Waals surface area contributed by atoms with E-state index in [2.05, 4.69) is 4.99 Å². The molecule has 1 rings (SSSR count). The quantitative estimate of drug-likeness (QED) is 0.445. The molecule has 4 heteroatoms. The van der Waals surface area contributed by atoms with Gasteiger partial charge < -0.3 is 4.42 Å². The van der Waals surface area contributed by atoms with Crippen LogP contribution in [0.25, 0.3) is 0 Å². The standard InChI is InChI=1S/C7H5NO3/c1-5-2-3-11-6(5)7(10)8-4-9/h2-3H,1H3. The molecular weight excluding hydrogens is 146 g/mol. The van der Waals surface area contributed by atoms with Gasteiger partial charge in [0.25, 0.3) is 0 Å². The molecule has 4 nitrogen and oxygen atoms in total. The Kier molecular flexibility index (Phi) is 1.99. The van der Waals surface area contributed by atoms with Crippen molar-refractivity contribution in [2.75, 3.05) is 0 Å². The Hall–Kier alpha value is -1.67. The van der Waals surface area contributed by atoms with Crippen LogP contribution < -0.4 is 0 Å². The minimum Gasteiger partial charge on any atom is -0.459 e. The maximum atomic E-state index is 10.8. The van der Waals surface area contributed by atoms with Gasteiger partial charge in [-0.2, -0.15) is 0 Å². The Labute approximate surface area is 62.5 Å². The fraction of sp³-hybridized carbons (Fsp3) is 0.143. The molecule has 0 spiro atoms. The van der Waals surface area contributed by atoms with E-state index in [1.165, 1.54) is 6.26 Å². The van der Waals surface area contributed by atoms with Crippen molar-refractivity contribution >= 4 is 12.0 Å². The summed E-state index contributed by atoms with van der Waals surface area (Å²) in [5, 5.41) is 0. The van der Waals surface area contributed by atoms with Crippen molar-refractivity contribution in [1.29, 1.82) is 0 Å². The van der Waals surface area contributed by atoms with E-state index < -0.39 is 5.91 Å². The third-order valence-corrected chi connectivity index (χ3v) is 1.20. The monoisotopic (exact) mass is 151 g/mol. The normalized spacial score (nSPS) is 8.82. The zero-order chi connectivity index (χ0) is 8.27. The molecule has 56 valence electrons. The predicted octanol–water partition coefficient (Wildman–Crippen LogP) is 1.06. The third kappa shape index (κ3) is 1.42. The van der Waals surface area contributed by atoms with Crippen LogP contribution in [0.3, 0.4) is 0 Å². The van der Waals surface area contributed by atoms with E-state index in [0.717, 1.165) is 6.08 Å². The van der Waals surface area contributed by atoms with Crippen molar-refractivity contribution in [2.45, 2.75) is 6.92 Å². The second kappa shape index (κ2) is 2.94. The zero-order valence-corrected chi connectivity index (χ0v) is 5.83. The molecule has 0 unspecified atom stereocenters. The average Bonchev–Trinajstić information content (AvgIpc) is 2.36. The number of carbonyl (C=O) groups excluding carboxylic acids is 2. The first-order chi connectivity index (χ1) is 5.25. The molecule has 0 saturated heterocycles. The maximum absolute atomic E-state index is 10.8. The Morgan fingerprint density at radius 1 is 1.73 bits per heavy atom. The molecule has 1 aromatic rings. The summed E-state index contributed by atoms with van der Waals surface area (Å²) in [6, 6.07) is 1.62. The van der Waals surface area contributed by atoms with Crippen LogP contribution in [0.1, 0.15) is 16.1 Å².